The predicted octanol–water partition coefficient (Wildman–Crippen LogP) is 3.14. The van der Waals surface area contributed by atoms with E-state index in [9.17, 15) is 4.79 Å². The second kappa shape index (κ2) is 9.43. The third-order valence-corrected chi connectivity index (χ3v) is 5.71. The van der Waals surface area contributed by atoms with Crippen molar-refractivity contribution in [3.8, 4) is 0 Å². The first-order chi connectivity index (χ1) is 13.1. The minimum absolute atomic E-state index is 0.0647. The van der Waals surface area contributed by atoms with Gasteiger partial charge in [-0.15, -0.1) is 11.3 Å². The van der Waals surface area contributed by atoms with Crippen LogP contribution in [0.1, 0.15) is 48.3 Å². The normalized spacial score (nSPS) is 17.0. The zero-order valence-corrected chi connectivity index (χ0v) is 17.0. The zero-order chi connectivity index (χ0) is 19.2. The van der Waals surface area contributed by atoms with E-state index < -0.39 is 0 Å². The van der Waals surface area contributed by atoms with Crippen LogP contribution in [0.3, 0.4) is 0 Å². The number of rotatable bonds is 9. The van der Waals surface area contributed by atoms with Crippen LogP contribution in [0.15, 0.2) is 6.33 Å². The molecular formula is C19H28N4O3S. The van der Waals surface area contributed by atoms with Crippen LogP contribution in [0.4, 0.5) is 5.82 Å². The molecule has 1 saturated heterocycles. The summed E-state index contributed by atoms with van der Waals surface area (Å²) in [7, 11) is 0. The smallest absolute Gasteiger partial charge is 0.261 e. The van der Waals surface area contributed by atoms with Crippen LogP contribution in [-0.4, -0.2) is 54.4 Å². The number of hydrogen-bond acceptors (Lipinski definition) is 7. The summed E-state index contributed by atoms with van der Waals surface area (Å²) in [6, 6.07) is 0. The van der Waals surface area contributed by atoms with E-state index >= 15 is 0 Å². The molecule has 1 amide bonds. The van der Waals surface area contributed by atoms with Gasteiger partial charge >= 0.3 is 0 Å². The third kappa shape index (κ3) is 5.15. The van der Waals surface area contributed by atoms with E-state index in [-0.39, 0.29) is 18.1 Å². The van der Waals surface area contributed by atoms with E-state index in [2.05, 4.69) is 20.6 Å². The molecule has 27 heavy (non-hydrogen) atoms. The number of hydrogen-bond donors (Lipinski definition) is 2. The van der Waals surface area contributed by atoms with Crippen LogP contribution in [0.5, 0.6) is 0 Å². The quantitative estimate of drug-likeness (QED) is 0.638. The lowest BCUT2D eigenvalue weighted by Gasteiger charge is -2.12. The monoisotopic (exact) mass is 392 g/mol. The Balaban J connectivity index is 1.65. The maximum atomic E-state index is 12.6. The highest BCUT2D eigenvalue weighted by Crippen LogP contribution is 2.33. The number of nitrogens with zero attached hydrogens (tertiary/aromatic N) is 2. The molecule has 0 spiro atoms. The highest BCUT2D eigenvalue weighted by molar-refractivity contribution is 7.20. The minimum atomic E-state index is -0.0647. The van der Waals surface area contributed by atoms with Crippen LogP contribution in [0, 0.1) is 6.92 Å². The van der Waals surface area contributed by atoms with E-state index in [1.807, 2.05) is 20.8 Å². The fourth-order valence-electron chi connectivity index (χ4n) is 3.11. The zero-order valence-electron chi connectivity index (χ0n) is 16.2. The topological polar surface area (TPSA) is 85.4 Å². The van der Waals surface area contributed by atoms with Crippen LogP contribution in [0.2, 0.25) is 0 Å². The molecule has 7 nitrogen and oxygen atoms in total. The molecular weight excluding hydrogens is 364 g/mol. The molecule has 0 aliphatic carbocycles. The molecule has 148 valence electrons. The molecule has 1 atom stereocenters. The third-order valence-electron chi connectivity index (χ3n) is 4.51. The summed E-state index contributed by atoms with van der Waals surface area (Å²) in [6.07, 6.45) is 4.95. The first-order valence-corrected chi connectivity index (χ1v) is 10.4. The van der Waals surface area contributed by atoms with Crippen molar-refractivity contribution in [2.75, 3.05) is 31.6 Å². The van der Waals surface area contributed by atoms with E-state index in [1.54, 1.807) is 6.33 Å². The number of nitrogens with one attached hydrogen (secondary N) is 2. The molecule has 1 aliphatic rings. The van der Waals surface area contributed by atoms with Crippen LogP contribution < -0.4 is 10.6 Å². The molecule has 2 aromatic heterocycles. The van der Waals surface area contributed by atoms with Gasteiger partial charge in [-0.25, -0.2) is 9.97 Å². The van der Waals surface area contributed by atoms with Crippen LogP contribution in [0.25, 0.3) is 10.2 Å². The van der Waals surface area contributed by atoms with E-state index in [0.717, 1.165) is 54.0 Å². The summed E-state index contributed by atoms with van der Waals surface area (Å²) < 4.78 is 11.2. The Morgan fingerprint density at radius 3 is 3.04 bits per heavy atom. The highest BCUT2D eigenvalue weighted by Gasteiger charge is 2.20. The van der Waals surface area contributed by atoms with E-state index in [4.69, 9.17) is 9.47 Å². The molecule has 8 heteroatoms. The average Bonchev–Trinajstić information content (AvgIpc) is 3.27. The van der Waals surface area contributed by atoms with Gasteiger partial charge in [-0.2, -0.15) is 0 Å². The van der Waals surface area contributed by atoms with Gasteiger partial charge in [0.2, 0.25) is 0 Å². The Kier molecular flexibility index (Phi) is 6.98. The van der Waals surface area contributed by atoms with E-state index in [0.29, 0.717) is 18.0 Å². The molecule has 0 saturated carbocycles. The largest absolute Gasteiger partial charge is 0.379 e. The number of carbonyl (C=O) groups excluding carboxylic acids is 1. The lowest BCUT2D eigenvalue weighted by atomic mass is 10.2. The fourth-order valence-corrected chi connectivity index (χ4v) is 4.18. The first-order valence-electron chi connectivity index (χ1n) is 9.55. The Morgan fingerprint density at radius 1 is 1.44 bits per heavy atom. The van der Waals surface area contributed by atoms with Crippen molar-refractivity contribution >= 4 is 33.3 Å². The second-order valence-electron chi connectivity index (χ2n) is 7.00. The molecule has 1 aliphatic heterocycles. The van der Waals surface area contributed by atoms with Gasteiger partial charge in [0.25, 0.3) is 5.91 Å². The molecule has 3 rings (SSSR count). The SMILES string of the molecule is Cc1c(C(=O)NCCCOC(C)C)sc2ncnc(NCC3CCCO3)c12. The summed E-state index contributed by atoms with van der Waals surface area (Å²) in [5.74, 6) is 0.707. The standard InChI is InChI=1S/C19H28N4O3S/c1-12(2)25-9-5-7-20-18(24)16-13(3)15-17(22-11-23-19(15)27-16)21-10-14-6-4-8-26-14/h11-12,14H,4-10H2,1-3H3,(H,20,24)(H,21,22,23). The molecule has 3 heterocycles. The molecule has 1 fully saturated rings. The van der Waals surface area contributed by atoms with Gasteiger partial charge in [0.15, 0.2) is 0 Å². The number of anilines is 1. The lowest BCUT2D eigenvalue weighted by Crippen LogP contribution is -2.25. The summed E-state index contributed by atoms with van der Waals surface area (Å²) in [5.41, 5.74) is 0.918. The summed E-state index contributed by atoms with van der Waals surface area (Å²) in [4.78, 5) is 22.8. The molecule has 2 N–H and O–H groups in total. The second-order valence-corrected chi connectivity index (χ2v) is 8.00. The number of aromatic nitrogens is 2. The number of aryl methyl sites for hydroxylation is 1. The summed E-state index contributed by atoms with van der Waals surface area (Å²) in [6.45, 7) is 8.75. The van der Waals surface area contributed by atoms with Gasteiger partial charge < -0.3 is 20.1 Å². The van der Waals surface area contributed by atoms with Crippen molar-refractivity contribution in [3.05, 3.63) is 16.8 Å². The Labute approximate surface area is 163 Å². The predicted molar refractivity (Wildman–Crippen MR) is 108 cm³/mol. The van der Waals surface area contributed by atoms with Crippen molar-refractivity contribution in [1.82, 2.24) is 15.3 Å². The van der Waals surface area contributed by atoms with Gasteiger partial charge in [0.1, 0.15) is 17.0 Å². The first kappa shape index (κ1) is 20.0. The fraction of sp³-hybridized carbons (Fsp3) is 0.632. The van der Waals surface area contributed by atoms with Gasteiger partial charge in [0.05, 0.1) is 22.5 Å². The van der Waals surface area contributed by atoms with Crippen molar-refractivity contribution in [3.63, 3.8) is 0 Å². The van der Waals surface area contributed by atoms with Crippen molar-refractivity contribution in [1.29, 1.82) is 0 Å². The molecule has 1 unspecified atom stereocenters. The van der Waals surface area contributed by atoms with Gasteiger partial charge in [-0.05, 0) is 45.6 Å². The van der Waals surface area contributed by atoms with Crippen LogP contribution >= 0.6 is 11.3 Å². The van der Waals surface area contributed by atoms with Gasteiger partial charge in [-0.1, -0.05) is 0 Å². The lowest BCUT2D eigenvalue weighted by molar-refractivity contribution is 0.0757. The molecule has 0 radical (unpaired) electrons. The van der Waals surface area contributed by atoms with E-state index in [1.165, 1.54) is 11.3 Å². The molecule has 0 aromatic carbocycles. The van der Waals surface area contributed by atoms with Crippen molar-refractivity contribution < 1.29 is 14.3 Å². The molecule has 2 aromatic rings. The number of fused-ring (bicyclic) bond motifs is 1. The maximum absolute atomic E-state index is 12.6. The maximum Gasteiger partial charge on any atom is 0.261 e. The van der Waals surface area contributed by atoms with Gasteiger partial charge in [-0.3, -0.25) is 4.79 Å². The number of carbonyl (C=O) groups is 1. The highest BCUT2D eigenvalue weighted by atomic mass is 32.1. The summed E-state index contributed by atoms with van der Waals surface area (Å²) in [5, 5.41) is 7.27. The minimum Gasteiger partial charge on any atom is -0.379 e. The van der Waals surface area contributed by atoms with Crippen molar-refractivity contribution in [2.45, 2.75) is 52.2 Å². The van der Waals surface area contributed by atoms with Gasteiger partial charge in [0, 0.05) is 26.3 Å². The average molecular weight is 393 g/mol. The number of ether oxygens (including phenoxy) is 2. The van der Waals surface area contributed by atoms with Crippen LogP contribution in [-0.2, 0) is 9.47 Å². The Hall–Kier alpha value is -1.77. The Bertz CT molecular complexity index is 772. The van der Waals surface area contributed by atoms with Crippen molar-refractivity contribution in [2.24, 2.45) is 0 Å². The molecule has 0 bridgehead atoms. The Morgan fingerprint density at radius 2 is 2.30 bits per heavy atom. The number of amides is 1. The summed E-state index contributed by atoms with van der Waals surface area (Å²) >= 11 is 1.41. The number of thiophene rings is 1.